The van der Waals surface area contributed by atoms with Gasteiger partial charge in [0.2, 0.25) is 11.8 Å². The molecule has 0 bridgehead atoms. The van der Waals surface area contributed by atoms with Gasteiger partial charge in [-0.3, -0.25) is 9.59 Å². The molecule has 0 aliphatic heterocycles. The van der Waals surface area contributed by atoms with E-state index >= 15 is 0 Å². The van der Waals surface area contributed by atoms with Crippen molar-refractivity contribution in [3.63, 3.8) is 0 Å². The zero-order valence-electron chi connectivity index (χ0n) is 14.4. The fourth-order valence-electron chi connectivity index (χ4n) is 2.43. The maximum Gasteiger partial charge on any atom is 0.233 e. The van der Waals surface area contributed by atoms with Crippen molar-refractivity contribution in [3.05, 3.63) is 53.1 Å². The Balaban J connectivity index is 2.02. The van der Waals surface area contributed by atoms with Crippen molar-refractivity contribution in [2.24, 2.45) is 0 Å². The maximum absolute atomic E-state index is 12.2. The van der Waals surface area contributed by atoms with Crippen LogP contribution >= 0.6 is 11.6 Å². The molecule has 2 amide bonds. The summed E-state index contributed by atoms with van der Waals surface area (Å²) in [6.07, 6.45) is -0.303. The number of hydrogen-bond acceptors (Lipinski definition) is 3. The van der Waals surface area contributed by atoms with Crippen molar-refractivity contribution in [3.8, 4) is 5.75 Å². The Morgan fingerprint density at radius 2 is 1.68 bits per heavy atom. The quantitative estimate of drug-likeness (QED) is 0.748. The molecule has 0 saturated heterocycles. The van der Waals surface area contributed by atoms with Gasteiger partial charge in [0.1, 0.15) is 12.2 Å². The molecule has 0 spiro atoms. The Morgan fingerprint density at radius 3 is 2.32 bits per heavy atom. The molecule has 0 unspecified atom stereocenters. The van der Waals surface area contributed by atoms with Crippen molar-refractivity contribution >= 4 is 34.8 Å². The summed E-state index contributed by atoms with van der Waals surface area (Å²) in [5.74, 6) is -0.0870. The van der Waals surface area contributed by atoms with Crippen molar-refractivity contribution in [1.29, 1.82) is 0 Å². The lowest BCUT2D eigenvalue weighted by Crippen LogP contribution is -2.22. The number of amides is 2. The third-order valence-corrected chi connectivity index (χ3v) is 3.85. The minimum absolute atomic E-state index is 0.265. The molecule has 0 fully saturated rings. The van der Waals surface area contributed by atoms with E-state index in [-0.39, 0.29) is 18.2 Å². The van der Waals surface area contributed by atoms with Gasteiger partial charge in [-0.15, -0.1) is 0 Å². The topological polar surface area (TPSA) is 67.4 Å². The Bertz CT molecular complexity index is 775. The molecule has 2 N–H and O–H groups in total. The van der Waals surface area contributed by atoms with Crippen LogP contribution in [0.2, 0.25) is 5.02 Å². The molecule has 2 aromatic carbocycles. The fraction of sp³-hybridized carbons (Fsp3) is 0.263. The lowest BCUT2D eigenvalue weighted by molar-refractivity contribution is -0.123. The van der Waals surface area contributed by atoms with Crippen LogP contribution in [0.25, 0.3) is 0 Å². The van der Waals surface area contributed by atoms with Crippen LogP contribution in [0, 0.1) is 0 Å². The smallest absolute Gasteiger partial charge is 0.233 e. The highest BCUT2D eigenvalue weighted by Crippen LogP contribution is 2.28. The lowest BCUT2D eigenvalue weighted by atomic mass is 10.0. The van der Waals surface area contributed by atoms with Gasteiger partial charge in [-0.2, -0.15) is 0 Å². The predicted octanol–water partition coefficient (Wildman–Crippen LogP) is 4.44. The first kappa shape index (κ1) is 18.8. The molecule has 25 heavy (non-hydrogen) atoms. The molecule has 0 radical (unpaired) electrons. The van der Waals surface area contributed by atoms with Crippen LogP contribution in [0.1, 0.15) is 31.7 Å². The second-order valence-corrected chi connectivity index (χ2v) is 6.30. The van der Waals surface area contributed by atoms with Crippen LogP contribution < -0.4 is 15.4 Å². The van der Waals surface area contributed by atoms with Gasteiger partial charge in [-0.25, -0.2) is 0 Å². The van der Waals surface area contributed by atoms with Crippen LogP contribution in [0.15, 0.2) is 42.5 Å². The maximum atomic E-state index is 12.2. The third kappa shape index (κ3) is 5.22. The molecule has 6 heteroatoms. The summed E-state index contributed by atoms with van der Waals surface area (Å²) in [4.78, 5) is 24.3. The van der Waals surface area contributed by atoms with Gasteiger partial charge in [0.15, 0.2) is 0 Å². The van der Waals surface area contributed by atoms with Gasteiger partial charge in [-0.1, -0.05) is 43.6 Å². The van der Waals surface area contributed by atoms with Crippen molar-refractivity contribution in [2.45, 2.75) is 26.2 Å². The third-order valence-electron chi connectivity index (χ3n) is 3.61. The van der Waals surface area contributed by atoms with Gasteiger partial charge < -0.3 is 15.4 Å². The molecule has 0 saturated carbocycles. The van der Waals surface area contributed by atoms with Crippen molar-refractivity contribution in [2.75, 3.05) is 17.7 Å². The molecule has 5 nitrogen and oxygen atoms in total. The van der Waals surface area contributed by atoms with Crippen LogP contribution in [0.5, 0.6) is 5.75 Å². The highest BCUT2D eigenvalue weighted by atomic mass is 35.5. The molecule has 0 atom stereocenters. The van der Waals surface area contributed by atoms with Gasteiger partial charge in [0.25, 0.3) is 0 Å². The van der Waals surface area contributed by atoms with Crippen LogP contribution in [0.4, 0.5) is 11.4 Å². The SMILES string of the molecule is COc1ccc(Cl)cc1NC(=O)CC(=O)Nc1ccccc1C(C)C. The average Bonchev–Trinajstić information content (AvgIpc) is 2.55. The largest absolute Gasteiger partial charge is 0.495 e. The summed E-state index contributed by atoms with van der Waals surface area (Å²) in [6, 6.07) is 12.4. The van der Waals surface area contributed by atoms with E-state index in [4.69, 9.17) is 16.3 Å². The first-order chi connectivity index (χ1) is 11.9. The van der Waals surface area contributed by atoms with E-state index in [9.17, 15) is 9.59 Å². The normalized spacial score (nSPS) is 10.4. The Hall–Kier alpha value is -2.53. The van der Waals surface area contributed by atoms with Crippen LogP contribution in [-0.2, 0) is 9.59 Å². The summed E-state index contributed by atoms with van der Waals surface area (Å²) >= 11 is 5.93. The number of halogens is 1. The van der Waals surface area contributed by atoms with E-state index in [1.165, 1.54) is 7.11 Å². The van der Waals surface area contributed by atoms with E-state index < -0.39 is 5.91 Å². The first-order valence-electron chi connectivity index (χ1n) is 7.93. The molecule has 0 aliphatic carbocycles. The number of nitrogens with one attached hydrogen (secondary N) is 2. The van der Waals surface area contributed by atoms with E-state index in [0.717, 1.165) is 11.3 Å². The Labute approximate surface area is 152 Å². The fourth-order valence-corrected chi connectivity index (χ4v) is 2.60. The molecule has 2 aromatic rings. The Morgan fingerprint density at radius 1 is 1.04 bits per heavy atom. The number of anilines is 2. The van der Waals surface area contributed by atoms with Gasteiger partial charge in [0.05, 0.1) is 12.8 Å². The Kier molecular flexibility index (Phi) is 6.42. The number of methoxy groups -OCH3 is 1. The number of carbonyl (C=O) groups excluding carboxylic acids is 2. The zero-order valence-corrected chi connectivity index (χ0v) is 15.2. The summed E-state index contributed by atoms with van der Waals surface area (Å²) in [6.45, 7) is 4.09. The predicted molar refractivity (Wildman–Crippen MR) is 100 cm³/mol. The van der Waals surface area contributed by atoms with Crippen molar-refractivity contribution in [1.82, 2.24) is 0 Å². The van der Waals surface area contributed by atoms with E-state index in [0.29, 0.717) is 16.5 Å². The minimum atomic E-state index is -0.444. The standard InChI is InChI=1S/C19H21ClN2O3/c1-12(2)14-6-4-5-7-15(14)21-18(23)11-19(24)22-16-10-13(20)8-9-17(16)25-3/h4-10,12H,11H2,1-3H3,(H,21,23)(H,22,24). The molecular weight excluding hydrogens is 340 g/mol. The monoisotopic (exact) mass is 360 g/mol. The number of hydrogen-bond donors (Lipinski definition) is 2. The van der Waals surface area contributed by atoms with E-state index in [1.807, 2.05) is 38.1 Å². The first-order valence-corrected chi connectivity index (χ1v) is 8.30. The molecule has 0 aliphatic rings. The average molecular weight is 361 g/mol. The zero-order chi connectivity index (χ0) is 18.4. The second kappa shape index (κ2) is 8.53. The number of carbonyl (C=O) groups is 2. The van der Waals surface area contributed by atoms with Crippen LogP contribution in [-0.4, -0.2) is 18.9 Å². The second-order valence-electron chi connectivity index (χ2n) is 5.86. The van der Waals surface area contributed by atoms with Crippen molar-refractivity contribution < 1.29 is 14.3 Å². The molecular formula is C19H21ClN2O3. The molecule has 132 valence electrons. The highest BCUT2D eigenvalue weighted by molar-refractivity contribution is 6.31. The number of para-hydroxylation sites is 1. The summed E-state index contributed by atoms with van der Waals surface area (Å²) < 4.78 is 5.17. The minimum Gasteiger partial charge on any atom is -0.495 e. The van der Waals surface area contributed by atoms with Gasteiger partial charge in [-0.05, 0) is 35.7 Å². The molecule has 0 aromatic heterocycles. The number of benzene rings is 2. The molecule has 0 heterocycles. The van der Waals surface area contributed by atoms with Gasteiger partial charge >= 0.3 is 0 Å². The summed E-state index contributed by atoms with van der Waals surface area (Å²) in [7, 11) is 1.49. The van der Waals surface area contributed by atoms with E-state index in [1.54, 1.807) is 18.2 Å². The number of rotatable bonds is 6. The van der Waals surface area contributed by atoms with Crippen LogP contribution in [0.3, 0.4) is 0 Å². The van der Waals surface area contributed by atoms with Gasteiger partial charge in [0, 0.05) is 10.7 Å². The highest BCUT2D eigenvalue weighted by Gasteiger charge is 2.14. The summed E-state index contributed by atoms with van der Waals surface area (Å²) in [5, 5.41) is 5.90. The van der Waals surface area contributed by atoms with E-state index in [2.05, 4.69) is 10.6 Å². The number of ether oxygens (including phenoxy) is 1. The molecule has 2 rings (SSSR count). The summed E-state index contributed by atoms with van der Waals surface area (Å²) in [5.41, 5.74) is 2.17. The lowest BCUT2D eigenvalue weighted by Gasteiger charge is -2.14.